The maximum absolute atomic E-state index is 13.0. The van der Waals surface area contributed by atoms with Crippen LogP contribution in [-0.4, -0.2) is 79.0 Å². The summed E-state index contributed by atoms with van der Waals surface area (Å²) in [6, 6.07) is 6.66. The lowest BCUT2D eigenvalue weighted by atomic mass is 9.75. The van der Waals surface area contributed by atoms with Gasteiger partial charge in [-0.3, -0.25) is 14.4 Å². The van der Waals surface area contributed by atoms with Gasteiger partial charge in [-0.2, -0.15) is 0 Å². The number of amides is 4. The predicted octanol–water partition coefficient (Wildman–Crippen LogP) is 1.26. The summed E-state index contributed by atoms with van der Waals surface area (Å²) >= 11 is 5.90. The Kier molecular flexibility index (Phi) is 6.74. The molecule has 2 aliphatic heterocycles. The first kappa shape index (κ1) is 22.9. The minimum absolute atomic E-state index is 0.134. The second-order valence-electron chi connectivity index (χ2n) is 7.75. The second kappa shape index (κ2) is 9.13. The number of hydrogen-bond acceptors (Lipinski definition) is 5. The van der Waals surface area contributed by atoms with Crippen molar-refractivity contribution in [1.29, 1.82) is 0 Å². The van der Waals surface area contributed by atoms with Crippen LogP contribution in [0.4, 0.5) is 4.79 Å². The highest BCUT2D eigenvalue weighted by molar-refractivity contribution is 6.30. The number of carbonyl (C=O) groups excluding carboxylic acids is 4. The molecule has 4 amide bonds. The van der Waals surface area contributed by atoms with Gasteiger partial charge in [-0.1, -0.05) is 11.6 Å². The largest absolute Gasteiger partial charge is 0.435 e. The molecule has 1 aromatic carbocycles. The molecule has 0 saturated carbocycles. The molecule has 1 spiro atoms. The quantitative estimate of drug-likeness (QED) is 0.718. The third-order valence-electron chi connectivity index (χ3n) is 6.22. The van der Waals surface area contributed by atoms with E-state index in [1.807, 2.05) is 0 Å². The third kappa shape index (κ3) is 4.19. The second-order valence-corrected chi connectivity index (χ2v) is 8.18. The maximum Gasteiger partial charge on any atom is 0.407 e. The fourth-order valence-electron chi connectivity index (χ4n) is 4.52. The molecule has 0 radical (unpaired) electrons. The van der Waals surface area contributed by atoms with Crippen molar-refractivity contribution in [2.24, 2.45) is 5.92 Å². The van der Waals surface area contributed by atoms with Crippen molar-refractivity contribution < 1.29 is 23.9 Å². The Morgan fingerprint density at radius 2 is 1.81 bits per heavy atom. The van der Waals surface area contributed by atoms with Crippen LogP contribution in [0.25, 0.3) is 0 Å². The maximum atomic E-state index is 13.0. The van der Waals surface area contributed by atoms with Crippen molar-refractivity contribution in [3.63, 3.8) is 0 Å². The van der Waals surface area contributed by atoms with Crippen molar-refractivity contribution in [2.75, 3.05) is 33.7 Å². The number of hydrogen-bond donors (Lipinski definition) is 2. The highest BCUT2D eigenvalue weighted by Gasteiger charge is 2.62. The number of halogens is 1. The molecule has 31 heavy (non-hydrogen) atoms. The number of carbonyl (C=O) groups is 4. The normalized spacial score (nSPS) is 22.4. The summed E-state index contributed by atoms with van der Waals surface area (Å²) < 4.78 is 5.36. The molecular weight excluding hydrogens is 424 g/mol. The van der Waals surface area contributed by atoms with E-state index < -0.39 is 29.6 Å². The molecule has 9 nitrogen and oxygen atoms in total. The Bertz CT molecular complexity index is 867. The van der Waals surface area contributed by atoms with Crippen LogP contribution in [-0.2, 0) is 14.3 Å². The number of ether oxygens (including phenoxy) is 1. The average Bonchev–Trinajstić information content (AvgIpc) is 2.95. The van der Waals surface area contributed by atoms with Gasteiger partial charge in [0.05, 0.1) is 5.54 Å². The summed E-state index contributed by atoms with van der Waals surface area (Å²) in [5.41, 5.74) is -0.318. The topological polar surface area (TPSA) is 108 Å². The molecule has 0 aliphatic carbocycles. The van der Waals surface area contributed by atoms with Gasteiger partial charge >= 0.3 is 6.09 Å². The van der Waals surface area contributed by atoms with Crippen LogP contribution in [0.1, 0.15) is 30.1 Å². The zero-order chi connectivity index (χ0) is 22.8. The molecule has 3 rings (SSSR count). The minimum Gasteiger partial charge on any atom is -0.435 e. The summed E-state index contributed by atoms with van der Waals surface area (Å²) in [5.74, 6) is -1.79. The van der Waals surface area contributed by atoms with Gasteiger partial charge in [0.25, 0.3) is 11.8 Å². The molecule has 2 aliphatic rings. The average molecular weight is 451 g/mol. The number of nitrogens with one attached hydrogen (secondary N) is 2. The first-order valence-electron chi connectivity index (χ1n) is 10.2. The van der Waals surface area contributed by atoms with Crippen LogP contribution in [0.15, 0.2) is 24.3 Å². The van der Waals surface area contributed by atoms with E-state index in [1.54, 1.807) is 43.1 Å². The lowest BCUT2D eigenvalue weighted by Gasteiger charge is -2.45. The summed E-state index contributed by atoms with van der Waals surface area (Å²) in [7, 11) is 3.11. The van der Waals surface area contributed by atoms with Gasteiger partial charge in [0.1, 0.15) is 5.92 Å². The van der Waals surface area contributed by atoms with Gasteiger partial charge in [-0.05, 0) is 44.0 Å². The van der Waals surface area contributed by atoms with Gasteiger partial charge in [0.2, 0.25) is 5.91 Å². The Hall–Kier alpha value is -2.81. The summed E-state index contributed by atoms with van der Waals surface area (Å²) in [5, 5.41) is 5.64. The molecule has 2 saturated heterocycles. The molecule has 168 valence electrons. The minimum atomic E-state index is -1.21. The molecule has 0 bridgehead atoms. The molecule has 2 heterocycles. The van der Waals surface area contributed by atoms with Crippen LogP contribution in [0.2, 0.25) is 5.02 Å². The van der Waals surface area contributed by atoms with E-state index in [0.717, 1.165) is 0 Å². The van der Waals surface area contributed by atoms with E-state index in [2.05, 4.69) is 10.6 Å². The summed E-state index contributed by atoms with van der Waals surface area (Å²) in [6.45, 7) is 2.79. The number of nitrogens with zero attached hydrogens (tertiary/aromatic N) is 2. The third-order valence-corrected chi connectivity index (χ3v) is 6.47. The van der Waals surface area contributed by atoms with E-state index in [0.29, 0.717) is 43.1 Å². The monoisotopic (exact) mass is 450 g/mol. The van der Waals surface area contributed by atoms with Gasteiger partial charge in [0.15, 0.2) is 6.10 Å². The zero-order valence-corrected chi connectivity index (χ0v) is 18.6. The van der Waals surface area contributed by atoms with Crippen molar-refractivity contribution >= 4 is 35.4 Å². The van der Waals surface area contributed by atoms with Gasteiger partial charge in [0, 0.05) is 44.3 Å². The van der Waals surface area contributed by atoms with E-state index in [4.69, 9.17) is 16.3 Å². The molecule has 0 aromatic heterocycles. The number of alkyl carbamates (subject to hydrolysis) is 1. The molecule has 2 N–H and O–H groups in total. The highest BCUT2D eigenvalue weighted by Crippen LogP contribution is 2.44. The molecule has 0 unspecified atom stereocenters. The molecule has 2 fully saturated rings. The zero-order valence-electron chi connectivity index (χ0n) is 17.8. The number of piperidine rings is 1. The van der Waals surface area contributed by atoms with Gasteiger partial charge < -0.3 is 25.2 Å². The van der Waals surface area contributed by atoms with Gasteiger partial charge in [-0.25, -0.2) is 4.79 Å². The van der Waals surface area contributed by atoms with Crippen LogP contribution in [0.5, 0.6) is 0 Å². The van der Waals surface area contributed by atoms with Crippen molar-refractivity contribution in [3.8, 4) is 0 Å². The number of likely N-dealkylation sites (tertiary alicyclic amines) is 2. The van der Waals surface area contributed by atoms with Crippen molar-refractivity contribution in [3.05, 3.63) is 34.9 Å². The lowest BCUT2D eigenvalue weighted by molar-refractivity contribution is -0.137. The van der Waals surface area contributed by atoms with E-state index in [9.17, 15) is 19.2 Å². The Morgan fingerprint density at radius 3 is 2.35 bits per heavy atom. The number of benzene rings is 1. The molecular formula is C21H27ClN4O5. The van der Waals surface area contributed by atoms with Crippen LogP contribution < -0.4 is 10.6 Å². The smallest absolute Gasteiger partial charge is 0.407 e. The summed E-state index contributed by atoms with van der Waals surface area (Å²) in [4.78, 5) is 53.8. The number of likely N-dealkylation sites (N-methyl/N-ethyl adjacent to an activating group) is 1. The Balaban J connectivity index is 1.81. The Morgan fingerprint density at radius 1 is 1.19 bits per heavy atom. The Labute approximate surface area is 186 Å². The first-order chi connectivity index (χ1) is 14.7. The van der Waals surface area contributed by atoms with Crippen molar-refractivity contribution in [1.82, 2.24) is 20.4 Å². The molecule has 10 heteroatoms. The first-order valence-corrected chi connectivity index (χ1v) is 10.6. The van der Waals surface area contributed by atoms with E-state index in [1.165, 1.54) is 11.9 Å². The summed E-state index contributed by atoms with van der Waals surface area (Å²) in [6.07, 6.45) is -1.17. The fourth-order valence-corrected chi connectivity index (χ4v) is 4.64. The van der Waals surface area contributed by atoms with E-state index in [-0.39, 0.29) is 11.8 Å². The van der Waals surface area contributed by atoms with Crippen molar-refractivity contribution in [2.45, 2.75) is 31.4 Å². The van der Waals surface area contributed by atoms with E-state index >= 15 is 0 Å². The predicted molar refractivity (Wildman–Crippen MR) is 114 cm³/mol. The fraction of sp³-hybridized carbons (Fsp3) is 0.524. The van der Waals surface area contributed by atoms with Crippen LogP contribution >= 0.6 is 11.6 Å². The van der Waals surface area contributed by atoms with Gasteiger partial charge in [-0.15, -0.1) is 0 Å². The molecule has 1 aromatic rings. The molecule has 2 atom stereocenters. The lowest BCUT2D eigenvalue weighted by Crippen LogP contribution is -2.58. The number of rotatable bonds is 4. The van der Waals surface area contributed by atoms with Crippen LogP contribution in [0.3, 0.4) is 0 Å². The standard InChI is InChI=1S/C21H27ClN4O5/c1-4-24-20(30)31-16-15(17(27)23-2)21(25(3)19(16)29)9-11-26(12-10-21)18(28)13-5-7-14(22)8-6-13/h5-8,15-16H,4,9-12H2,1-3H3,(H,23,27)(H,24,30)/t15-,16+/m0/s1. The SMILES string of the molecule is CCNC(=O)O[C@H]1C(=O)N(C)C2(CCN(C(=O)c3ccc(Cl)cc3)CC2)[C@@H]1C(=O)NC. The highest BCUT2D eigenvalue weighted by atomic mass is 35.5. The van der Waals surface area contributed by atoms with Crippen LogP contribution in [0, 0.1) is 5.92 Å².